The van der Waals surface area contributed by atoms with E-state index in [1.165, 1.54) is 19.1 Å². The largest absolute Gasteiger partial charge is 0.394 e. The van der Waals surface area contributed by atoms with Gasteiger partial charge in [0.2, 0.25) is 53.2 Å². The first-order chi connectivity index (χ1) is 33.4. The second-order valence-electron chi connectivity index (χ2n) is 18.2. The number of guanidine groups is 1. The van der Waals surface area contributed by atoms with E-state index in [-0.39, 0.29) is 43.2 Å². The molecule has 1 fully saturated rings. The first-order valence-corrected chi connectivity index (χ1v) is 23.5. The maximum absolute atomic E-state index is 14.3. The molecule has 2 rings (SSSR count). The molecule has 26 nitrogen and oxygen atoms in total. The third kappa shape index (κ3) is 19.3. The van der Waals surface area contributed by atoms with Gasteiger partial charge in [0.15, 0.2) is 5.96 Å². The third-order valence-electron chi connectivity index (χ3n) is 11.6. The van der Waals surface area contributed by atoms with E-state index in [4.69, 9.17) is 17.2 Å². The van der Waals surface area contributed by atoms with Gasteiger partial charge in [0.05, 0.1) is 38.0 Å². The van der Waals surface area contributed by atoms with E-state index in [1.807, 2.05) is 0 Å². The highest BCUT2D eigenvalue weighted by Crippen LogP contribution is 2.18. The number of nitrogens with one attached hydrogen (secondary N) is 9. The van der Waals surface area contributed by atoms with Crippen molar-refractivity contribution in [3.05, 3.63) is 35.9 Å². The summed E-state index contributed by atoms with van der Waals surface area (Å²) in [6.07, 6.45) is -2.87. The number of aliphatic hydroxyl groups excluding tert-OH is 4. The van der Waals surface area contributed by atoms with Gasteiger partial charge in [-0.05, 0) is 49.5 Å². The molecule has 1 heterocycles. The molecule has 1 aromatic carbocycles. The fourth-order valence-electron chi connectivity index (χ4n) is 7.18. The Labute approximate surface area is 412 Å². The molecule has 71 heavy (non-hydrogen) atoms. The van der Waals surface area contributed by atoms with Crippen LogP contribution in [0.5, 0.6) is 0 Å². The van der Waals surface area contributed by atoms with Gasteiger partial charge in [-0.15, -0.1) is 0 Å². The second-order valence-corrected chi connectivity index (χ2v) is 18.2. The monoisotopic (exact) mass is 1010 g/mol. The van der Waals surface area contributed by atoms with Crippen molar-refractivity contribution in [2.75, 3.05) is 26.3 Å². The van der Waals surface area contributed by atoms with Crippen LogP contribution >= 0.6 is 0 Å². The smallest absolute Gasteiger partial charge is 0.245 e. The van der Waals surface area contributed by atoms with Gasteiger partial charge in [-0.25, -0.2) is 0 Å². The number of aliphatic imine (C=N–C) groups is 1. The van der Waals surface area contributed by atoms with Crippen LogP contribution in [0.1, 0.15) is 85.8 Å². The fourth-order valence-corrected chi connectivity index (χ4v) is 7.18. The number of nitrogens with two attached hydrogens (primary N) is 3. The lowest BCUT2D eigenvalue weighted by molar-refractivity contribution is -0.138. The molecule has 1 aromatic rings. The Bertz CT molecular complexity index is 2000. The summed E-state index contributed by atoms with van der Waals surface area (Å²) in [5.41, 5.74) is 17.7. The number of hydrogen-bond acceptors (Lipinski definition) is 15. The molecule has 26 heteroatoms. The summed E-state index contributed by atoms with van der Waals surface area (Å²) in [6.45, 7) is 8.22. The van der Waals surface area contributed by atoms with Crippen molar-refractivity contribution in [1.82, 2.24) is 47.9 Å². The van der Waals surface area contributed by atoms with Gasteiger partial charge in [0.1, 0.15) is 48.3 Å². The number of nitrogens with zero attached hydrogens (tertiary/aromatic N) is 1. The minimum Gasteiger partial charge on any atom is -0.394 e. The highest BCUT2D eigenvalue weighted by molar-refractivity contribution is 5.98. The molecule has 0 aromatic heterocycles. The highest BCUT2D eigenvalue weighted by Gasteiger charge is 2.39. The maximum atomic E-state index is 14.3. The Kier molecular flexibility index (Phi) is 25.3. The Morgan fingerprint density at radius 1 is 0.634 bits per heavy atom. The van der Waals surface area contributed by atoms with E-state index < -0.39 is 151 Å². The number of amides is 9. The molecule has 0 spiro atoms. The molecule has 1 aliphatic rings. The average molecular weight is 1010 g/mol. The fraction of sp³-hybridized carbons (Fsp3) is 0.644. The van der Waals surface area contributed by atoms with Crippen LogP contribution in [-0.4, -0.2) is 166 Å². The van der Waals surface area contributed by atoms with Gasteiger partial charge in [-0.2, -0.15) is 0 Å². The quantitative estimate of drug-likeness (QED) is 0.0469. The van der Waals surface area contributed by atoms with Crippen LogP contribution in [0.3, 0.4) is 0 Å². The number of rotatable bonds is 14. The zero-order chi connectivity index (χ0) is 53.7. The van der Waals surface area contributed by atoms with Gasteiger partial charge in [-0.3, -0.25) is 48.1 Å². The first kappa shape index (κ1) is 60.6. The maximum Gasteiger partial charge on any atom is 0.245 e. The number of hydrogen-bond donors (Lipinski definition) is 16. The van der Waals surface area contributed by atoms with Gasteiger partial charge in [0, 0.05) is 6.54 Å². The molecular formula is C45H75N13O13. The van der Waals surface area contributed by atoms with Gasteiger partial charge < -0.3 is 85.5 Å². The van der Waals surface area contributed by atoms with Crippen molar-refractivity contribution in [2.45, 2.75) is 141 Å². The van der Waals surface area contributed by atoms with Crippen LogP contribution in [0.15, 0.2) is 35.3 Å². The molecule has 0 radical (unpaired) electrons. The average Bonchev–Trinajstić information content (AvgIpc) is 3.32. The van der Waals surface area contributed by atoms with Crippen LogP contribution in [-0.2, 0) is 43.2 Å². The van der Waals surface area contributed by atoms with Crippen molar-refractivity contribution in [3.8, 4) is 0 Å². The van der Waals surface area contributed by atoms with Crippen molar-refractivity contribution in [1.29, 1.82) is 0 Å². The number of carbonyl (C=O) groups excluding carboxylic acids is 9. The summed E-state index contributed by atoms with van der Waals surface area (Å²) >= 11 is 0. The summed E-state index contributed by atoms with van der Waals surface area (Å²) in [6, 6.07) is -6.60. The molecule has 1 saturated heterocycles. The normalized spacial score (nSPS) is 26.8. The third-order valence-corrected chi connectivity index (χ3v) is 11.6. The van der Waals surface area contributed by atoms with Crippen LogP contribution in [0.25, 0.3) is 0 Å². The molecule has 0 aliphatic carbocycles. The van der Waals surface area contributed by atoms with Crippen molar-refractivity contribution in [3.63, 3.8) is 0 Å². The lowest BCUT2D eigenvalue weighted by Crippen LogP contribution is -2.63. The zero-order valence-electron chi connectivity index (χ0n) is 41.3. The highest BCUT2D eigenvalue weighted by atomic mass is 16.3. The predicted molar refractivity (Wildman–Crippen MR) is 257 cm³/mol. The molecular weight excluding hydrogens is 931 g/mol. The Hall–Kier alpha value is -6.48. The molecule has 9 amide bonds. The first-order valence-electron chi connectivity index (χ1n) is 23.5. The number of carbonyl (C=O) groups is 9. The molecule has 12 atom stereocenters. The summed E-state index contributed by atoms with van der Waals surface area (Å²) in [4.78, 5) is 128. The second kappa shape index (κ2) is 29.6. The van der Waals surface area contributed by atoms with Crippen molar-refractivity contribution in [2.24, 2.45) is 39.9 Å². The Morgan fingerprint density at radius 2 is 1.14 bits per heavy atom. The van der Waals surface area contributed by atoms with E-state index >= 15 is 0 Å². The van der Waals surface area contributed by atoms with E-state index in [0.717, 1.165) is 0 Å². The van der Waals surface area contributed by atoms with Crippen LogP contribution < -0.4 is 65.1 Å². The zero-order valence-corrected chi connectivity index (χ0v) is 41.3. The molecule has 0 saturated carbocycles. The topological polar surface area (TPSA) is 433 Å². The lowest BCUT2D eigenvalue weighted by Gasteiger charge is -2.32. The van der Waals surface area contributed by atoms with Gasteiger partial charge in [0.25, 0.3) is 0 Å². The molecule has 398 valence electrons. The summed E-state index contributed by atoms with van der Waals surface area (Å²) in [5, 5.41) is 64.0. The van der Waals surface area contributed by atoms with Crippen molar-refractivity contribution < 1.29 is 63.6 Å². The number of aliphatic hydroxyl groups is 4. The molecule has 1 aliphatic heterocycles. The van der Waals surface area contributed by atoms with Gasteiger partial charge >= 0.3 is 0 Å². The molecule has 1 unspecified atom stereocenters. The van der Waals surface area contributed by atoms with Gasteiger partial charge in [-0.1, -0.05) is 78.3 Å². The van der Waals surface area contributed by atoms with Crippen LogP contribution in [0, 0.1) is 17.8 Å². The van der Waals surface area contributed by atoms with E-state index in [1.54, 1.807) is 59.7 Å². The van der Waals surface area contributed by atoms with E-state index in [2.05, 4.69) is 52.8 Å². The van der Waals surface area contributed by atoms with Crippen molar-refractivity contribution >= 4 is 59.1 Å². The number of benzene rings is 1. The lowest BCUT2D eigenvalue weighted by atomic mass is 9.95. The minimum absolute atomic E-state index is 0.0217. The van der Waals surface area contributed by atoms with Crippen LogP contribution in [0.4, 0.5) is 0 Å². The molecule has 19 N–H and O–H groups in total. The Balaban J connectivity index is 2.79. The van der Waals surface area contributed by atoms with E-state index in [0.29, 0.717) is 6.42 Å². The minimum atomic E-state index is -1.77. The molecule has 0 bridgehead atoms. The summed E-state index contributed by atoms with van der Waals surface area (Å²) in [5.74, 6) is -11.0. The van der Waals surface area contributed by atoms with Crippen LogP contribution in [0.2, 0.25) is 0 Å². The SMILES string of the molecule is CC[C@H](C)[C@@H]1NC(=O)[C@@H](CCCN=C(N)N)NC(=O)[C@H](CC(C)C)NC(=O)[C@H]([C@H](O)C(C)C)NC(=O)[C@@H](N)[C@@H](c2ccccc2)NC(=O)C(CO)NC(=O)[C@H](CO)NC(=O)CNC(=O)[C@H]([C@H](C)O)NC1=O. The standard InChI is InChI=1S/C45H75N13O13/c1-8-23(6)32-43(70)56-33(24(7)61)42(69)50-18-30(62)51-28(19-59)39(66)54-29(20-60)40(67)57-34(25-13-10-9-11-14-25)31(46)41(68)58-35(36(63)22(4)5)44(71)53-27(17-21(2)3)38(65)52-26(37(64)55-32)15-12-16-49-45(47)48/h9-11,13-14,21-24,26-29,31-36,59-61,63H,8,12,15-20,46H2,1-7H3,(H,50,69)(H,51,62)(H,52,65)(H,53,71)(H,54,66)(H,55,64)(H,56,70)(H,57,67)(H,58,68)(H4,47,48,49)/t23-,24-,26+,27-,28-,29?,31-,32-,33-,34+,35-,36+/m0/s1. The predicted octanol–water partition coefficient (Wildman–Crippen LogP) is -5.78. The summed E-state index contributed by atoms with van der Waals surface area (Å²) < 4.78 is 0. The Morgan fingerprint density at radius 3 is 1.69 bits per heavy atom. The summed E-state index contributed by atoms with van der Waals surface area (Å²) in [7, 11) is 0. The van der Waals surface area contributed by atoms with E-state index in [9.17, 15) is 63.6 Å².